The second-order valence-electron chi connectivity index (χ2n) is 7.82. The maximum absolute atomic E-state index is 14.9. The second kappa shape index (κ2) is 7.63. The molecule has 1 aromatic heterocycles. The number of carboxylic acids is 1. The third kappa shape index (κ3) is 4.20. The summed E-state index contributed by atoms with van der Waals surface area (Å²) >= 11 is 0. The highest BCUT2D eigenvalue weighted by atomic mass is 19.4. The summed E-state index contributed by atoms with van der Waals surface area (Å²) in [6, 6.07) is 2.39. The first-order valence-electron chi connectivity index (χ1n) is 9.77. The van der Waals surface area contributed by atoms with Crippen molar-refractivity contribution in [1.29, 1.82) is 0 Å². The van der Waals surface area contributed by atoms with E-state index in [2.05, 4.69) is 5.32 Å². The summed E-state index contributed by atoms with van der Waals surface area (Å²) in [5, 5.41) is 11.4. The number of hydrogen-bond acceptors (Lipinski definition) is 5. The minimum absolute atomic E-state index is 0.144. The van der Waals surface area contributed by atoms with E-state index in [1.807, 2.05) is 0 Å². The van der Waals surface area contributed by atoms with Crippen LogP contribution in [-0.2, 0) is 15.7 Å². The fourth-order valence-corrected chi connectivity index (χ4v) is 4.22. The van der Waals surface area contributed by atoms with Crippen molar-refractivity contribution in [3.63, 3.8) is 0 Å². The SMILES string of the molecule is O=C(O)c1oc2ccc(C(F)(F)F)cc2c1NCC(F)(F)C1CCC2(CC1)OCCO2. The molecule has 0 atom stereocenters. The Morgan fingerprint density at radius 2 is 1.77 bits per heavy atom. The van der Waals surface area contributed by atoms with Gasteiger partial charge in [0.05, 0.1) is 31.0 Å². The Hall–Kier alpha value is -2.40. The van der Waals surface area contributed by atoms with Crippen molar-refractivity contribution < 1.29 is 45.7 Å². The molecule has 4 rings (SSSR count). The lowest BCUT2D eigenvalue weighted by Crippen LogP contribution is -2.43. The number of anilines is 1. The maximum atomic E-state index is 14.9. The number of halogens is 5. The molecule has 2 aromatic rings. The summed E-state index contributed by atoms with van der Waals surface area (Å²) in [6.45, 7) is -0.0976. The van der Waals surface area contributed by atoms with Crippen LogP contribution in [0.5, 0.6) is 0 Å². The quantitative estimate of drug-likeness (QED) is 0.616. The van der Waals surface area contributed by atoms with Crippen LogP contribution in [0.2, 0.25) is 0 Å². The van der Waals surface area contributed by atoms with Crippen LogP contribution in [0.15, 0.2) is 22.6 Å². The Labute approximate surface area is 173 Å². The number of rotatable bonds is 5. The first kappa shape index (κ1) is 21.8. The summed E-state index contributed by atoms with van der Waals surface area (Å²) in [7, 11) is 0. The Morgan fingerprint density at radius 3 is 2.35 bits per heavy atom. The van der Waals surface area contributed by atoms with Crippen molar-refractivity contribution in [2.24, 2.45) is 5.92 Å². The summed E-state index contributed by atoms with van der Waals surface area (Å²) < 4.78 is 85.1. The molecule has 2 fully saturated rings. The molecule has 2 heterocycles. The van der Waals surface area contributed by atoms with E-state index in [1.54, 1.807) is 0 Å². The lowest BCUT2D eigenvalue weighted by atomic mass is 9.81. The number of ether oxygens (including phenoxy) is 2. The van der Waals surface area contributed by atoms with Crippen molar-refractivity contribution in [2.75, 3.05) is 25.1 Å². The van der Waals surface area contributed by atoms with Crippen molar-refractivity contribution >= 4 is 22.6 Å². The number of furan rings is 1. The number of carbonyl (C=O) groups is 1. The van der Waals surface area contributed by atoms with Gasteiger partial charge in [-0.1, -0.05) is 0 Å². The van der Waals surface area contributed by atoms with Gasteiger partial charge in [0.2, 0.25) is 5.76 Å². The molecule has 170 valence electrons. The largest absolute Gasteiger partial charge is 0.475 e. The summed E-state index contributed by atoms with van der Waals surface area (Å²) in [4.78, 5) is 11.5. The number of alkyl halides is 5. The lowest BCUT2D eigenvalue weighted by Gasteiger charge is -2.38. The van der Waals surface area contributed by atoms with Gasteiger partial charge in [0, 0.05) is 24.1 Å². The number of aromatic carboxylic acids is 1. The smallest absolute Gasteiger partial charge is 0.416 e. The fraction of sp³-hybridized carbons (Fsp3) is 0.550. The van der Waals surface area contributed by atoms with Crippen LogP contribution in [0.3, 0.4) is 0 Å². The average Bonchev–Trinajstić information content (AvgIpc) is 3.30. The molecule has 0 amide bonds. The number of fused-ring (bicyclic) bond motifs is 1. The molecule has 6 nitrogen and oxygen atoms in total. The number of carboxylic acid groups (broad SMARTS) is 1. The first-order valence-corrected chi connectivity index (χ1v) is 9.77. The highest BCUT2D eigenvalue weighted by molar-refractivity contribution is 6.03. The van der Waals surface area contributed by atoms with Gasteiger partial charge in [0.1, 0.15) is 5.58 Å². The van der Waals surface area contributed by atoms with Crippen LogP contribution in [-0.4, -0.2) is 42.5 Å². The summed E-state index contributed by atoms with van der Waals surface area (Å²) in [5.74, 6) is -7.34. The van der Waals surface area contributed by atoms with Crippen LogP contribution < -0.4 is 5.32 Å². The first-order chi connectivity index (χ1) is 14.5. The van der Waals surface area contributed by atoms with E-state index in [1.165, 1.54) is 0 Å². The number of nitrogens with one attached hydrogen (secondary N) is 1. The topological polar surface area (TPSA) is 80.9 Å². The zero-order chi connectivity index (χ0) is 22.4. The van der Waals surface area contributed by atoms with E-state index < -0.39 is 53.3 Å². The van der Waals surface area contributed by atoms with Crippen LogP contribution in [0, 0.1) is 5.92 Å². The number of hydrogen-bond donors (Lipinski definition) is 2. The molecule has 31 heavy (non-hydrogen) atoms. The highest BCUT2D eigenvalue weighted by Gasteiger charge is 2.48. The molecule has 2 aliphatic rings. The Balaban J connectivity index is 1.54. The van der Waals surface area contributed by atoms with E-state index in [-0.39, 0.29) is 23.8 Å². The summed E-state index contributed by atoms with van der Waals surface area (Å²) in [6.07, 6.45) is -3.76. The molecule has 1 aromatic carbocycles. The van der Waals surface area contributed by atoms with Gasteiger partial charge in [-0.3, -0.25) is 0 Å². The second-order valence-corrected chi connectivity index (χ2v) is 7.82. The van der Waals surface area contributed by atoms with Gasteiger partial charge in [-0.15, -0.1) is 0 Å². The minimum atomic E-state index is -4.68. The van der Waals surface area contributed by atoms with E-state index in [4.69, 9.17) is 13.9 Å². The molecule has 0 bridgehead atoms. The van der Waals surface area contributed by atoms with Gasteiger partial charge >= 0.3 is 12.1 Å². The Kier molecular flexibility index (Phi) is 5.37. The van der Waals surface area contributed by atoms with E-state index >= 15 is 0 Å². The molecular formula is C20H20F5NO5. The van der Waals surface area contributed by atoms with Crippen molar-refractivity contribution in [3.05, 3.63) is 29.5 Å². The highest BCUT2D eigenvalue weighted by Crippen LogP contribution is 2.44. The monoisotopic (exact) mass is 449 g/mol. The zero-order valence-electron chi connectivity index (χ0n) is 16.2. The third-order valence-corrected chi connectivity index (χ3v) is 5.87. The van der Waals surface area contributed by atoms with Gasteiger partial charge < -0.3 is 24.3 Å². The van der Waals surface area contributed by atoms with Gasteiger partial charge in [-0.2, -0.15) is 13.2 Å². The summed E-state index contributed by atoms with van der Waals surface area (Å²) in [5.41, 5.74) is -1.59. The zero-order valence-corrected chi connectivity index (χ0v) is 16.2. The van der Waals surface area contributed by atoms with Crippen LogP contribution in [0.25, 0.3) is 11.0 Å². The van der Waals surface area contributed by atoms with Gasteiger partial charge in [0.25, 0.3) is 5.92 Å². The predicted molar refractivity (Wildman–Crippen MR) is 98.2 cm³/mol. The molecule has 11 heteroatoms. The van der Waals surface area contributed by atoms with Crippen LogP contribution in [0.1, 0.15) is 41.8 Å². The standard InChI is InChI=1S/C20H20F5NO5/c21-19(22,11-3-5-18(6-4-11)29-7-8-30-18)10-26-15-13-9-12(20(23,24)25)1-2-14(13)31-16(15)17(27)28/h1-2,9,11,26H,3-8,10H2,(H,27,28). The van der Waals surface area contributed by atoms with Crippen LogP contribution in [0.4, 0.5) is 27.6 Å². The van der Waals surface area contributed by atoms with Crippen molar-refractivity contribution in [2.45, 2.75) is 43.6 Å². The molecule has 1 aliphatic carbocycles. The molecular weight excluding hydrogens is 429 g/mol. The molecule has 1 spiro atoms. The van der Waals surface area contributed by atoms with Gasteiger partial charge in [-0.25, -0.2) is 13.6 Å². The van der Waals surface area contributed by atoms with E-state index in [9.17, 15) is 31.9 Å². The Morgan fingerprint density at radius 1 is 1.13 bits per heavy atom. The minimum Gasteiger partial charge on any atom is -0.475 e. The molecule has 0 radical (unpaired) electrons. The van der Waals surface area contributed by atoms with Crippen molar-refractivity contribution in [3.8, 4) is 0 Å². The van der Waals surface area contributed by atoms with Gasteiger partial charge in [0.15, 0.2) is 5.79 Å². The molecule has 2 N–H and O–H groups in total. The average molecular weight is 449 g/mol. The normalized spacial score (nSPS) is 19.9. The van der Waals surface area contributed by atoms with E-state index in [0.29, 0.717) is 32.1 Å². The predicted octanol–water partition coefficient (Wildman–Crippen LogP) is 5.13. The van der Waals surface area contributed by atoms with Crippen LogP contribution >= 0.6 is 0 Å². The Bertz CT molecular complexity index is 970. The third-order valence-electron chi connectivity index (χ3n) is 5.87. The molecule has 1 aliphatic heterocycles. The maximum Gasteiger partial charge on any atom is 0.416 e. The molecule has 1 saturated heterocycles. The van der Waals surface area contributed by atoms with Gasteiger partial charge in [-0.05, 0) is 31.0 Å². The lowest BCUT2D eigenvalue weighted by molar-refractivity contribution is -0.196. The molecule has 0 unspecified atom stereocenters. The molecule has 1 saturated carbocycles. The van der Waals surface area contributed by atoms with Crippen molar-refractivity contribution in [1.82, 2.24) is 0 Å². The fourth-order valence-electron chi connectivity index (χ4n) is 4.22. The number of benzene rings is 1. The van der Waals surface area contributed by atoms with E-state index in [0.717, 1.165) is 12.1 Å².